The van der Waals surface area contributed by atoms with E-state index in [9.17, 15) is 9.90 Å². The topological polar surface area (TPSA) is 75.4 Å². The SMILES string of the molecule is Cc1ccc(NC(=O)Cc2ccccc2CN)c(C)c1O. The summed E-state index contributed by atoms with van der Waals surface area (Å²) in [6.07, 6.45) is 0.265. The van der Waals surface area contributed by atoms with Gasteiger partial charge >= 0.3 is 0 Å². The van der Waals surface area contributed by atoms with Crippen LogP contribution < -0.4 is 11.1 Å². The average molecular weight is 284 g/mol. The number of hydrogen-bond donors (Lipinski definition) is 3. The van der Waals surface area contributed by atoms with E-state index in [2.05, 4.69) is 5.32 Å². The number of carbonyl (C=O) groups is 1. The number of amides is 1. The summed E-state index contributed by atoms with van der Waals surface area (Å²) < 4.78 is 0. The van der Waals surface area contributed by atoms with E-state index in [-0.39, 0.29) is 18.1 Å². The number of aryl methyl sites for hydroxylation is 1. The Kier molecular flexibility index (Phi) is 4.60. The molecule has 0 radical (unpaired) electrons. The van der Waals surface area contributed by atoms with Gasteiger partial charge in [-0.15, -0.1) is 0 Å². The summed E-state index contributed by atoms with van der Waals surface area (Å²) in [6.45, 7) is 4.02. The molecule has 2 rings (SSSR count). The van der Waals surface area contributed by atoms with Crippen LogP contribution in [0.3, 0.4) is 0 Å². The predicted molar refractivity (Wildman–Crippen MR) is 84.2 cm³/mol. The molecule has 110 valence electrons. The Morgan fingerprint density at radius 2 is 1.81 bits per heavy atom. The first-order valence-electron chi connectivity index (χ1n) is 6.88. The Hall–Kier alpha value is -2.33. The Labute approximate surface area is 124 Å². The molecule has 0 bridgehead atoms. The molecule has 0 aliphatic rings. The van der Waals surface area contributed by atoms with Gasteiger partial charge in [0.25, 0.3) is 0 Å². The maximum atomic E-state index is 12.2. The van der Waals surface area contributed by atoms with Crippen LogP contribution >= 0.6 is 0 Å². The lowest BCUT2D eigenvalue weighted by atomic mass is 10.0. The van der Waals surface area contributed by atoms with Gasteiger partial charge in [0.1, 0.15) is 5.75 Å². The lowest BCUT2D eigenvalue weighted by Crippen LogP contribution is -2.16. The van der Waals surface area contributed by atoms with Gasteiger partial charge < -0.3 is 16.2 Å². The minimum absolute atomic E-state index is 0.123. The maximum Gasteiger partial charge on any atom is 0.228 e. The molecule has 0 aromatic heterocycles. The number of anilines is 1. The van der Waals surface area contributed by atoms with Crippen LogP contribution in [-0.2, 0) is 17.8 Å². The third kappa shape index (κ3) is 3.41. The minimum atomic E-state index is -0.123. The summed E-state index contributed by atoms with van der Waals surface area (Å²) in [5.74, 6) is 0.0948. The van der Waals surface area contributed by atoms with Crippen molar-refractivity contribution < 1.29 is 9.90 Å². The summed E-state index contributed by atoms with van der Waals surface area (Å²) in [5, 5.41) is 12.7. The smallest absolute Gasteiger partial charge is 0.228 e. The second kappa shape index (κ2) is 6.41. The molecule has 0 heterocycles. The van der Waals surface area contributed by atoms with Gasteiger partial charge in [0.2, 0.25) is 5.91 Å². The highest BCUT2D eigenvalue weighted by Gasteiger charge is 2.11. The van der Waals surface area contributed by atoms with Gasteiger partial charge in [-0.05, 0) is 36.6 Å². The Bertz CT molecular complexity index is 666. The zero-order valence-electron chi connectivity index (χ0n) is 12.3. The third-order valence-corrected chi connectivity index (χ3v) is 3.60. The monoisotopic (exact) mass is 284 g/mol. The van der Waals surface area contributed by atoms with E-state index >= 15 is 0 Å². The number of hydrogen-bond acceptors (Lipinski definition) is 3. The largest absolute Gasteiger partial charge is 0.507 e. The maximum absolute atomic E-state index is 12.2. The fourth-order valence-electron chi connectivity index (χ4n) is 2.27. The first kappa shape index (κ1) is 15.1. The van der Waals surface area contributed by atoms with E-state index in [4.69, 9.17) is 5.73 Å². The van der Waals surface area contributed by atoms with Crippen LogP contribution in [0.15, 0.2) is 36.4 Å². The zero-order valence-corrected chi connectivity index (χ0v) is 12.3. The summed E-state index contributed by atoms with van der Waals surface area (Å²) >= 11 is 0. The molecule has 4 nitrogen and oxygen atoms in total. The molecular weight excluding hydrogens is 264 g/mol. The summed E-state index contributed by atoms with van der Waals surface area (Å²) in [5.41, 5.74) is 9.67. The standard InChI is InChI=1S/C17H20N2O2/c1-11-7-8-15(12(2)17(11)21)19-16(20)9-13-5-3-4-6-14(13)10-18/h3-8,21H,9-10,18H2,1-2H3,(H,19,20). The highest BCUT2D eigenvalue weighted by atomic mass is 16.3. The van der Waals surface area contributed by atoms with E-state index in [1.54, 1.807) is 19.1 Å². The molecule has 0 atom stereocenters. The number of nitrogens with one attached hydrogen (secondary N) is 1. The van der Waals surface area contributed by atoms with E-state index in [0.29, 0.717) is 17.8 Å². The molecule has 0 unspecified atom stereocenters. The quantitative estimate of drug-likeness (QED) is 0.808. The van der Waals surface area contributed by atoms with Gasteiger partial charge in [-0.2, -0.15) is 0 Å². The predicted octanol–water partition coefficient (Wildman–Crippen LogP) is 2.65. The zero-order chi connectivity index (χ0) is 15.4. The lowest BCUT2D eigenvalue weighted by Gasteiger charge is -2.12. The lowest BCUT2D eigenvalue weighted by molar-refractivity contribution is -0.115. The van der Waals surface area contributed by atoms with Crippen molar-refractivity contribution in [3.05, 3.63) is 58.7 Å². The molecular formula is C17H20N2O2. The molecule has 0 saturated heterocycles. The fourth-order valence-corrected chi connectivity index (χ4v) is 2.27. The molecule has 0 fully saturated rings. The molecule has 0 aliphatic carbocycles. The second-order valence-electron chi connectivity index (χ2n) is 5.10. The first-order valence-corrected chi connectivity index (χ1v) is 6.88. The first-order chi connectivity index (χ1) is 10.0. The Morgan fingerprint density at radius 1 is 1.14 bits per heavy atom. The van der Waals surface area contributed by atoms with Crippen molar-refractivity contribution in [3.8, 4) is 5.75 Å². The van der Waals surface area contributed by atoms with Crippen LogP contribution in [0.25, 0.3) is 0 Å². The number of aromatic hydroxyl groups is 1. The molecule has 2 aromatic carbocycles. The molecule has 0 saturated carbocycles. The van der Waals surface area contributed by atoms with Crippen LogP contribution in [0.4, 0.5) is 5.69 Å². The Balaban J connectivity index is 2.14. The van der Waals surface area contributed by atoms with Gasteiger partial charge in [-0.3, -0.25) is 4.79 Å². The molecule has 0 spiro atoms. The molecule has 4 N–H and O–H groups in total. The summed E-state index contributed by atoms with van der Waals surface area (Å²) in [6, 6.07) is 11.2. The second-order valence-corrected chi connectivity index (χ2v) is 5.10. The average Bonchev–Trinajstić information content (AvgIpc) is 2.48. The van der Waals surface area contributed by atoms with Crippen molar-refractivity contribution in [1.82, 2.24) is 0 Å². The van der Waals surface area contributed by atoms with Crippen LogP contribution in [0.1, 0.15) is 22.3 Å². The van der Waals surface area contributed by atoms with Gasteiger partial charge in [-0.1, -0.05) is 30.3 Å². The van der Waals surface area contributed by atoms with Gasteiger partial charge in [-0.25, -0.2) is 0 Å². The van der Waals surface area contributed by atoms with E-state index < -0.39 is 0 Å². The molecule has 1 amide bonds. The number of nitrogens with two attached hydrogens (primary N) is 1. The fraction of sp³-hybridized carbons (Fsp3) is 0.235. The molecule has 2 aromatic rings. The minimum Gasteiger partial charge on any atom is -0.507 e. The number of phenolic OH excluding ortho intramolecular Hbond substituents is 1. The van der Waals surface area contributed by atoms with Crippen molar-refractivity contribution in [3.63, 3.8) is 0 Å². The third-order valence-electron chi connectivity index (χ3n) is 3.60. The van der Waals surface area contributed by atoms with E-state index in [0.717, 1.165) is 16.7 Å². The van der Waals surface area contributed by atoms with Crippen LogP contribution in [0.2, 0.25) is 0 Å². The van der Waals surface area contributed by atoms with Crippen molar-refractivity contribution in [2.24, 2.45) is 5.73 Å². The van der Waals surface area contributed by atoms with Crippen LogP contribution in [0.5, 0.6) is 5.75 Å². The summed E-state index contributed by atoms with van der Waals surface area (Å²) in [4.78, 5) is 12.2. The normalized spacial score (nSPS) is 10.4. The van der Waals surface area contributed by atoms with Gasteiger partial charge in [0, 0.05) is 17.8 Å². The van der Waals surface area contributed by atoms with Crippen LogP contribution in [0, 0.1) is 13.8 Å². The van der Waals surface area contributed by atoms with Crippen molar-refractivity contribution in [1.29, 1.82) is 0 Å². The van der Waals surface area contributed by atoms with Crippen molar-refractivity contribution in [2.45, 2.75) is 26.8 Å². The number of rotatable bonds is 4. The molecule has 4 heteroatoms. The van der Waals surface area contributed by atoms with E-state index in [1.807, 2.05) is 31.2 Å². The van der Waals surface area contributed by atoms with Gasteiger partial charge in [0.05, 0.1) is 6.42 Å². The summed E-state index contributed by atoms with van der Waals surface area (Å²) in [7, 11) is 0. The van der Waals surface area contributed by atoms with Crippen molar-refractivity contribution >= 4 is 11.6 Å². The molecule has 21 heavy (non-hydrogen) atoms. The van der Waals surface area contributed by atoms with Crippen LogP contribution in [-0.4, -0.2) is 11.0 Å². The van der Waals surface area contributed by atoms with Gasteiger partial charge in [0.15, 0.2) is 0 Å². The van der Waals surface area contributed by atoms with E-state index in [1.165, 1.54) is 0 Å². The van der Waals surface area contributed by atoms with Crippen molar-refractivity contribution in [2.75, 3.05) is 5.32 Å². The Morgan fingerprint density at radius 3 is 2.48 bits per heavy atom. The highest BCUT2D eigenvalue weighted by molar-refractivity contribution is 5.93. The number of phenols is 1. The molecule has 0 aliphatic heterocycles. The highest BCUT2D eigenvalue weighted by Crippen LogP contribution is 2.28. The number of carbonyl (C=O) groups excluding carboxylic acids is 1. The number of benzene rings is 2.